The fraction of sp³-hybridized carbons (Fsp3) is 0.0909. The summed E-state index contributed by atoms with van der Waals surface area (Å²) in [7, 11) is 1.94. The van der Waals surface area contributed by atoms with Gasteiger partial charge in [-0.15, -0.1) is 0 Å². The van der Waals surface area contributed by atoms with E-state index >= 15 is 0 Å². The number of aromatic nitrogens is 2. The van der Waals surface area contributed by atoms with Crippen LogP contribution in [-0.2, 0) is 7.05 Å². The molecule has 2 aromatic carbocycles. The Bertz CT molecular complexity index is 1150. The number of nitrogens with one attached hydrogen (secondary N) is 1. The van der Waals surface area contributed by atoms with Crippen molar-refractivity contribution in [1.82, 2.24) is 9.55 Å². The lowest BCUT2D eigenvalue weighted by molar-refractivity contribution is 0.102. The molecular formula is C22H18FN3OS. The van der Waals surface area contributed by atoms with Crippen molar-refractivity contribution >= 4 is 22.9 Å². The first-order valence-corrected chi connectivity index (χ1v) is 9.70. The summed E-state index contributed by atoms with van der Waals surface area (Å²) in [5.74, 6) is -0.0958. The van der Waals surface area contributed by atoms with E-state index in [0.717, 1.165) is 22.6 Å². The van der Waals surface area contributed by atoms with Gasteiger partial charge in [-0.1, -0.05) is 24.3 Å². The summed E-state index contributed by atoms with van der Waals surface area (Å²) in [5.41, 5.74) is 3.68. The van der Waals surface area contributed by atoms with Crippen LogP contribution in [0.3, 0.4) is 0 Å². The predicted octanol–water partition coefficient (Wildman–Crippen LogP) is 5.52. The monoisotopic (exact) mass is 391 g/mol. The van der Waals surface area contributed by atoms with Crippen molar-refractivity contribution in [2.75, 3.05) is 5.32 Å². The van der Waals surface area contributed by atoms with E-state index < -0.39 is 11.7 Å². The van der Waals surface area contributed by atoms with Gasteiger partial charge < -0.3 is 9.88 Å². The van der Waals surface area contributed by atoms with Crippen molar-refractivity contribution in [1.29, 1.82) is 0 Å². The fourth-order valence-electron chi connectivity index (χ4n) is 3.07. The molecule has 0 aliphatic rings. The molecule has 0 atom stereocenters. The Morgan fingerprint density at radius 1 is 1.14 bits per heavy atom. The number of aryl methyl sites for hydroxylation is 1. The number of anilines is 1. The number of rotatable bonds is 4. The molecule has 4 aromatic rings. The molecule has 6 heteroatoms. The topological polar surface area (TPSA) is 46.9 Å². The number of thiophene rings is 1. The number of imidazole rings is 1. The number of carbonyl (C=O) groups excluding carboxylic acids is 1. The van der Waals surface area contributed by atoms with Gasteiger partial charge in [0, 0.05) is 23.9 Å². The normalized spacial score (nSPS) is 10.8. The maximum absolute atomic E-state index is 14.9. The average molecular weight is 391 g/mol. The average Bonchev–Trinajstić information content (AvgIpc) is 3.33. The lowest BCUT2D eigenvalue weighted by Crippen LogP contribution is -2.14. The number of halogens is 1. The standard InChI is InChI=1S/C22H18FN3OS/c1-14-24-12-20(26(14)2)15-5-3-6-17(11-15)25-22(27)19-8-4-7-18(21(19)23)16-9-10-28-13-16/h3-13H,1-2H3,(H,25,27). The van der Waals surface area contributed by atoms with Crippen molar-refractivity contribution in [3.63, 3.8) is 0 Å². The van der Waals surface area contributed by atoms with Gasteiger partial charge in [0.15, 0.2) is 0 Å². The molecule has 1 N–H and O–H groups in total. The van der Waals surface area contributed by atoms with Crippen LogP contribution in [0.2, 0.25) is 0 Å². The molecule has 0 aliphatic carbocycles. The minimum Gasteiger partial charge on any atom is -0.331 e. The molecule has 0 fully saturated rings. The molecule has 0 saturated carbocycles. The third kappa shape index (κ3) is 3.34. The molecule has 0 bridgehead atoms. The lowest BCUT2D eigenvalue weighted by atomic mass is 10.0. The van der Waals surface area contributed by atoms with Crippen LogP contribution in [0.5, 0.6) is 0 Å². The Balaban J connectivity index is 1.62. The zero-order valence-electron chi connectivity index (χ0n) is 15.4. The predicted molar refractivity (Wildman–Crippen MR) is 111 cm³/mol. The minimum atomic E-state index is -0.517. The Morgan fingerprint density at radius 3 is 2.68 bits per heavy atom. The summed E-state index contributed by atoms with van der Waals surface area (Å²) in [6.45, 7) is 1.93. The van der Waals surface area contributed by atoms with Crippen LogP contribution in [0.4, 0.5) is 10.1 Å². The molecule has 0 radical (unpaired) electrons. The molecule has 0 saturated heterocycles. The molecule has 140 valence electrons. The van der Waals surface area contributed by atoms with E-state index in [1.54, 1.807) is 24.4 Å². The molecule has 4 nitrogen and oxygen atoms in total. The number of nitrogens with zero attached hydrogens (tertiary/aromatic N) is 2. The number of benzene rings is 2. The smallest absolute Gasteiger partial charge is 0.258 e. The van der Waals surface area contributed by atoms with Crippen molar-refractivity contribution in [3.8, 4) is 22.4 Å². The van der Waals surface area contributed by atoms with Crippen LogP contribution in [0.25, 0.3) is 22.4 Å². The van der Waals surface area contributed by atoms with E-state index in [1.165, 1.54) is 17.4 Å². The lowest BCUT2D eigenvalue weighted by Gasteiger charge is -2.10. The van der Waals surface area contributed by atoms with Gasteiger partial charge in [0.05, 0.1) is 17.5 Å². The van der Waals surface area contributed by atoms with E-state index in [-0.39, 0.29) is 5.56 Å². The SMILES string of the molecule is Cc1ncc(-c2cccc(NC(=O)c3cccc(-c4ccsc4)c3F)c2)n1C. The van der Waals surface area contributed by atoms with Gasteiger partial charge in [0.25, 0.3) is 5.91 Å². The molecule has 2 heterocycles. The second-order valence-corrected chi connectivity index (χ2v) is 7.24. The number of carbonyl (C=O) groups is 1. The Morgan fingerprint density at radius 2 is 1.96 bits per heavy atom. The minimum absolute atomic E-state index is 0.0190. The van der Waals surface area contributed by atoms with Gasteiger partial charge in [-0.25, -0.2) is 9.37 Å². The van der Waals surface area contributed by atoms with Gasteiger partial charge in [-0.2, -0.15) is 11.3 Å². The first-order valence-electron chi connectivity index (χ1n) is 8.76. The van der Waals surface area contributed by atoms with Gasteiger partial charge >= 0.3 is 0 Å². The highest BCUT2D eigenvalue weighted by molar-refractivity contribution is 7.08. The summed E-state index contributed by atoms with van der Waals surface area (Å²) in [4.78, 5) is 17.0. The van der Waals surface area contributed by atoms with Gasteiger partial charge in [0.1, 0.15) is 11.6 Å². The fourth-order valence-corrected chi connectivity index (χ4v) is 3.73. The van der Waals surface area contributed by atoms with Crippen LogP contribution < -0.4 is 5.32 Å². The van der Waals surface area contributed by atoms with E-state index in [0.29, 0.717) is 11.3 Å². The first kappa shape index (κ1) is 18.1. The van der Waals surface area contributed by atoms with Crippen molar-refractivity contribution in [2.45, 2.75) is 6.92 Å². The first-order chi connectivity index (χ1) is 13.5. The van der Waals surface area contributed by atoms with E-state index in [9.17, 15) is 9.18 Å². The second-order valence-electron chi connectivity index (χ2n) is 6.46. The van der Waals surface area contributed by atoms with Crippen molar-refractivity contribution in [3.05, 3.63) is 82.7 Å². The van der Waals surface area contributed by atoms with Crippen LogP contribution in [0.1, 0.15) is 16.2 Å². The summed E-state index contributed by atoms with van der Waals surface area (Å²) in [6.07, 6.45) is 1.79. The number of hydrogen-bond donors (Lipinski definition) is 1. The van der Waals surface area contributed by atoms with Crippen LogP contribution in [0, 0.1) is 12.7 Å². The third-order valence-corrected chi connectivity index (χ3v) is 5.40. The summed E-state index contributed by atoms with van der Waals surface area (Å²) in [5, 5.41) is 6.54. The molecule has 2 aromatic heterocycles. The van der Waals surface area contributed by atoms with E-state index in [4.69, 9.17) is 0 Å². The van der Waals surface area contributed by atoms with Crippen LogP contribution in [0.15, 0.2) is 65.5 Å². The maximum atomic E-state index is 14.9. The molecule has 1 amide bonds. The van der Waals surface area contributed by atoms with E-state index in [2.05, 4.69) is 10.3 Å². The highest BCUT2D eigenvalue weighted by atomic mass is 32.1. The molecule has 0 aliphatic heterocycles. The molecule has 28 heavy (non-hydrogen) atoms. The van der Waals surface area contributed by atoms with Crippen LogP contribution in [-0.4, -0.2) is 15.5 Å². The summed E-state index contributed by atoms with van der Waals surface area (Å²) >= 11 is 1.49. The largest absolute Gasteiger partial charge is 0.331 e. The molecule has 4 rings (SSSR count). The van der Waals surface area contributed by atoms with Crippen molar-refractivity contribution in [2.24, 2.45) is 7.05 Å². The highest BCUT2D eigenvalue weighted by Crippen LogP contribution is 2.28. The Labute approximate surface area is 166 Å². The van der Waals surface area contributed by atoms with Gasteiger partial charge in [-0.05, 0) is 47.5 Å². The number of amides is 1. The zero-order chi connectivity index (χ0) is 19.7. The summed E-state index contributed by atoms with van der Waals surface area (Å²) in [6, 6.07) is 14.1. The Kier molecular flexibility index (Phi) is 4.79. The quantitative estimate of drug-likeness (QED) is 0.498. The molecular weight excluding hydrogens is 373 g/mol. The molecule has 0 unspecified atom stereocenters. The Hall–Kier alpha value is -3.25. The maximum Gasteiger partial charge on any atom is 0.258 e. The number of hydrogen-bond acceptors (Lipinski definition) is 3. The third-order valence-electron chi connectivity index (χ3n) is 4.71. The highest BCUT2D eigenvalue weighted by Gasteiger charge is 2.17. The molecule has 0 spiro atoms. The summed E-state index contributed by atoms with van der Waals surface area (Å²) < 4.78 is 16.9. The van der Waals surface area contributed by atoms with Gasteiger partial charge in [0.2, 0.25) is 0 Å². The van der Waals surface area contributed by atoms with Gasteiger partial charge in [-0.3, -0.25) is 4.79 Å². The second kappa shape index (κ2) is 7.40. The zero-order valence-corrected chi connectivity index (χ0v) is 16.3. The van der Waals surface area contributed by atoms with E-state index in [1.807, 2.05) is 53.6 Å². The van der Waals surface area contributed by atoms with Crippen molar-refractivity contribution < 1.29 is 9.18 Å². The van der Waals surface area contributed by atoms with Crippen LogP contribution >= 0.6 is 11.3 Å².